The molecule has 2 rings (SSSR count). The Morgan fingerprint density at radius 1 is 1.43 bits per heavy atom. The molecule has 1 aliphatic carbocycles. The third-order valence-corrected chi connectivity index (χ3v) is 2.78. The summed E-state index contributed by atoms with van der Waals surface area (Å²) in [5, 5.41) is 3.33. The van der Waals surface area contributed by atoms with Crippen LogP contribution in [-0.4, -0.2) is 33.7 Å². The Hall–Kier alpha value is -1.99. The van der Waals surface area contributed by atoms with Crippen LogP contribution in [0.2, 0.25) is 0 Å². The van der Waals surface area contributed by atoms with Crippen molar-refractivity contribution in [2.45, 2.75) is 32.9 Å². The van der Waals surface area contributed by atoms with Gasteiger partial charge >= 0.3 is 0 Å². The van der Waals surface area contributed by atoms with Gasteiger partial charge in [0.25, 0.3) is 0 Å². The van der Waals surface area contributed by atoms with Crippen LogP contribution in [0.4, 0.5) is 16.3 Å². The maximum atomic E-state index is 13.1. The molecular formula is C15H21ClFN5O. The van der Waals surface area contributed by atoms with E-state index in [1.165, 1.54) is 18.5 Å². The standard InChI is InChI=1S/C13H15ClFN5O.C2H6/c1-8(19-13-18-7-17-12(16)20-13)6-21-11-3-2-10(15)4-9(14)5-11;1-2/h2-5,7-8,11H,6H2,1H3,(H3,16,17,18,19,20);1-2H3. The summed E-state index contributed by atoms with van der Waals surface area (Å²) in [5.74, 6) is 0.106. The third-order valence-electron chi connectivity index (χ3n) is 2.55. The highest BCUT2D eigenvalue weighted by Gasteiger charge is 2.10. The molecule has 126 valence electrons. The lowest BCUT2D eigenvalue weighted by molar-refractivity contribution is 0.109. The van der Waals surface area contributed by atoms with Crippen molar-refractivity contribution < 1.29 is 9.13 Å². The van der Waals surface area contributed by atoms with Crippen molar-refractivity contribution in [1.82, 2.24) is 15.0 Å². The average molecular weight is 342 g/mol. The third kappa shape index (κ3) is 7.21. The van der Waals surface area contributed by atoms with Crippen LogP contribution in [0.1, 0.15) is 20.8 Å². The molecule has 8 heteroatoms. The first kappa shape index (κ1) is 19.1. The molecule has 1 aromatic heterocycles. The second kappa shape index (κ2) is 9.91. The number of nitrogen functional groups attached to an aromatic ring is 1. The minimum atomic E-state index is -0.408. The first-order valence-electron chi connectivity index (χ1n) is 7.28. The Balaban J connectivity index is 0.00000127. The van der Waals surface area contributed by atoms with Crippen molar-refractivity contribution in [1.29, 1.82) is 0 Å². The number of anilines is 2. The fraction of sp³-hybridized carbons (Fsp3) is 0.400. The molecule has 0 saturated carbocycles. The molecule has 23 heavy (non-hydrogen) atoms. The molecule has 0 spiro atoms. The van der Waals surface area contributed by atoms with Gasteiger partial charge in [0, 0.05) is 11.1 Å². The number of nitrogens with one attached hydrogen (secondary N) is 1. The Bertz CT molecular complexity index is 591. The van der Waals surface area contributed by atoms with E-state index >= 15 is 0 Å². The number of nitrogens with two attached hydrogens (primary N) is 1. The van der Waals surface area contributed by atoms with Crippen LogP contribution in [0.25, 0.3) is 0 Å². The molecule has 0 radical (unpaired) electrons. The van der Waals surface area contributed by atoms with E-state index in [2.05, 4.69) is 20.3 Å². The molecule has 0 saturated heterocycles. The molecule has 1 aliphatic rings. The largest absolute Gasteiger partial charge is 0.368 e. The zero-order valence-corrected chi connectivity index (χ0v) is 14.1. The fourth-order valence-corrected chi connectivity index (χ4v) is 1.86. The van der Waals surface area contributed by atoms with Crippen LogP contribution >= 0.6 is 11.6 Å². The summed E-state index contributed by atoms with van der Waals surface area (Å²) in [4.78, 5) is 11.6. The number of rotatable bonds is 5. The number of nitrogens with zero attached hydrogens (tertiary/aromatic N) is 3. The highest BCUT2D eigenvalue weighted by atomic mass is 35.5. The Morgan fingerprint density at radius 2 is 2.17 bits per heavy atom. The van der Waals surface area contributed by atoms with Gasteiger partial charge in [-0.25, -0.2) is 14.4 Å². The van der Waals surface area contributed by atoms with Crippen LogP contribution in [0, 0.1) is 0 Å². The van der Waals surface area contributed by atoms with Crippen molar-refractivity contribution in [2.24, 2.45) is 0 Å². The Morgan fingerprint density at radius 3 is 2.87 bits per heavy atom. The van der Waals surface area contributed by atoms with Gasteiger partial charge in [-0.15, -0.1) is 0 Å². The second-order valence-electron chi connectivity index (χ2n) is 4.45. The lowest BCUT2D eigenvalue weighted by Crippen LogP contribution is -2.25. The predicted octanol–water partition coefficient (Wildman–Crippen LogP) is 3.21. The maximum Gasteiger partial charge on any atom is 0.227 e. The van der Waals surface area contributed by atoms with Crippen LogP contribution < -0.4 is 11.1 Å². The van der Waals surface area contributed by atoms with E-state index in [1.54, 1.807) is 12.2 Å². The summed E-state index contributed by atoms with van der Waals surface area (Å²) in [6.45, 7) is 6.24. The zero-order chi connectivity index (χ0) is 17.2. The van der Waals surface area contributed by atoms with E-state index < -0.39 is 11.9 Å². The molecular weight excluding hydrogens is 321 g/mol. The van der Waals surface area contributed by atoms with Gasteiger partial charge in [-0.1, -0.05) is 25.4 Å². The highest BCUT2D eigenvalue weighted by molar-refractivity contribution is 6.31. The Kier molecular flexibility index (Phi) is 8.21. The van der Waals surface area contributed by atoms with Gasteiger partial charge in [0.15, 0.2) is 0 Å². The lowest BCUT2D eigenvalue weighted by Gasteiger charge is -2.16. The smallest absolute Gasteiger partial charge is 0.227 e. The quantitative estimate of drug-likeness (QED) is 0.855. The molecule has 2 unspecified atom stereocenters. The molecule has 3 N–H and O–H groups in total. The molecule has 0 amide bonds. The summed E-state index contributed by atoms with van der Waals surface area (Å²) < 4.78 is 18.8. The van der Waals surface area contributed by atoms with Crippen molar-refractivity contribution in [3.05, 3.63) is 41.5 Å². The van der Waals surface area contributed by atoms with E-state index in [1.807, 2.05) is 20.8 Å². The number of halogens is 2. The first-order chi connectivity index (χ1) is 11.0. The molecule has 0 aromatic carbocycles. The minimum Gasteiger partial charge on any atom is -0.368 e. The van der Waals surface area contributed by atoms with Crippen molar-refractivity contribution in [3.63, 3.8) is 0 Å². The van der Waals surface area contributed by atoms with E-state index in [0.29, 0.717) is 17.6 Å². The van der Waals surface area contributed by atoms with Crippen LogP contribution in [0.15, 0.2) is 41.5 Å². The summed E-state index contributed by atoms with van der Waals surface area (Å²) >= 11 is 5.84. The van der Waals surface area contributed by atoms with Gasteiger partial charge in [0.2, 0.25) is 11.9 Å². The van der Waals surface area contributed by atoms with Crippen LogP contribution in [0.3, 0.4) is 0 Å². The predicted molar refractivity (Wildman–Crippen MR) is 90.7 cm³/mol. The number of ether oxygens (including phenoxy) is 1. The van der Waals surface area contributed by atoms with Crippen molar-refractivity contribution in [3.8, 4) is 0 Å². The molecule has 0 bridgehead atoms. The minimum absolute atomic E-state index is 0.0755. The lowest BCUT2D eigenvalue weighted by atomic mass is 10.3. The van der Waals surface area contributed by atoms with E-state index in [0.717, 1.165) is 0 Å². The number of allylic oxidation sites excluding steroid dienone is 4. The van der Waals surface area contributed by atoms with Gasteiger partial charge in [0.05, 0.1) is 12.7 Å². The Labute approximate surface area is 140 Å². The first-order valence-corrected chi connectivity index (χ1v) is 7.66. The number of hydrogen-bond donors (Lipinski definition) is 2. The molecule has 1 heterocycles. The topological polar surface area (TPSA) is 86.0 Å². The van der Waals surface area contributed by atoms with E-state index in [-0.39, 0.29) is 12.0 Å². The summed E-state index contributed by atoms with van der Waals surface area (Å²) in [5.41, 5.74) is 5.46. The zero-order valence-electron chi connectivity index (χ0n) is 13.3. The van der Waals surface area contributed by atoms with Gasteiger partial charge < -0.3 is 15.8 Å². The van der Waals surface area contributed by atoms with Gasteiger partial charge in [-0.05, 0) is 31.2 Å². The van der Waals surface area contributed by atoms with Gasteiger partial charge in [0.1, 0.15) is 12.2 Å². The van der Waals surface area contributed by atoms with Gasteiger partial charge in [-0.2, -0.15) is 4.98 Å². The molecule has 1 aromatic rings. The average Bonchev–Trinajstić information content (AvgIpc) is 2.67. The van der Waals surface area contributed by atoms with Crippen LogP contribution in [-0.2, 0) is 4.74 Å². The highest BCUT2D eigenvalue weighted by Crippen LogP contribution is 2.17. The summed E-state index contributed by atoms with van der Waals surface area (Å²) in [7, 11) is 0. The SMILES string of the molecule is CC.CC(COC1C=CC(F)=CC(Cl)=C1)Nc1ncnc(N)n1. The number of aromatic nitrogens is 3. The van der Waals surface area contributed by atoms with Crippen LogP contribution in [0.5, 0.6) is 0 Å². The second-order valence-corrected chi connectivity index (χ2v) is 4.89. The molecule has 0 aliphatic heterocycles. The van der Waals surface area contributed by atoms with Crippen molar-refractivity contribution in [2.75, 3.05) is 17.7 Å². The van der Waals surface area contributed by atoms with Crippen molar-refractivity contribution >= 4 is 23.5 Å². The van der Waals surface area contributed by atoms with E-state index in [4.69, 9.17) is 22.1 Å². The molecule has 2 atom stereocenters. The monoisotopic (exact) mass is 341 g/mol. The van der Waals surface area contributed by atoms with E-state index in [9.17, 15) is 4.39 Å². The number of hydrogen-bond acceptors (Lipinski definition) is 6. The summed E-state index contributed by atoms with van der Waals surface area (Å²) in [6, 6.07) is -0.0755. The normalized spacial score (nSPS) is 18.0. The van der Waals surface area contributed by atoms with Gasteiger partial charge in [-0.3, -0.25) is 0 Å². The maximum absolute atomic E-state index is 13.1. The molecule has 0 fully saturated rings. The summed E-state index contributed by atoms with van der Waals surface area (Å²) in [6.07, 6.45) is 6.70. The fourth-order valence-electron chi connectivity index (χ4n) is 1.63. The molecule has 6 nitrogen and oxygen atoms in total.